The summed E-state index contributed by atoms with van der Waals surface area (Å²) in [5, 5.41) is 4.16. The average Bonchev–Trinajstić information content (AvgIpc) is 3.19. The molecule has 0 spiro atoms. The molecule has 2 aromatic rings. The third-order valence-corrected chi connectivity index (χ3v) is 5.77. The second-order valence-corrected chi connectivity index (χ2v) is 7.44. The Morgan fingerprint density at radius 2 is 1.96 bits per heavy atom. The molecule has 1 saturated heterocycles. The topological polar surface area (TPSA) is 71.2 Å². The highest BCUT2D eigenvalue weighted by atomic mass is 16.5. The third kappa shape index (κ3) is 2.80. The van der Waals surface area contributed by atoms with Crippen molar-refractivity contribution < 1.29 is 4.52 Å². The minimum atomic E-state index is 0.179. The fourth-order valence-electron chi connectivity index (χ4n) is 4.02. The number of fused-ring (bicyclic) bond motifs is 1. The molecular weight excluding hydrogens is 316 g/mol. The van der Waals surface area contributed by atoms with E-state index in [0.717, 1.165) is 56.6 Å². The Hall–Kier alpha value is -2.02. The Morgan fingerprint density at radius 1 is 1.12 bits per heavy atom. The minimum absolute atomic E-state index is 0.179. The summed E-state index contributed by atoms with van der Waals surface area (Å²) in [5.74, 6) is 3.36. The van der Waals surface area contributed by atoms with E-state index < -0.39 is 0 Å². The van der Waals surface area contributed by atoms with Gasteiger partial charge in [0.15, 0.2) is 5.82 Å². The number of aryl methyl sites for hydroxylation is 1. The molecule has 3 aliphatic rings. The van der Waals surface area contributed by atoms with Gasteiger partial charge < -0.3 is 9.42 Å². The van der Waals surface area contributed by atoms with Crippen LogP contribution < -0.4 is 4.90 Å². The van der Waals surface area contributed by atoms with Crippen LogP contribution in [0, 0.1) is 0 Å². The van der Waals surface area contributed by atoms with Crippen LogP contribution >= 0.6 is 0 Å². The number of piperazine rings is 1. The molecule has 0 N–H and O–H groups in total. The van der Waals surface area contributed by atoms with Crippen LogP contribution in [0.15, 0.2) is 10.9 Å². The van der Waals surface area contributed by atoms with Crippen molar-refractivity contribution in [2.45, 2.75) is 51.0 Å². The highest BCUT2D eigenvalue weighted by Crippen LogP contribution is 2.38. The number of hydrogen-bond acceptors (Lipinski definition) is 7. The summed E-state index contributed by atoms with van der Waals surface area (Å²) in [6.45, 7) is 6.11. The highest BCUT2D eigenvalue weighted by Gasteiger charge is 2.32. The van der Waals surface area contributed by atoms with Gasteiger partial charge >= 0.3 is 0 Å². The summed E-state index contributed by atoms with van der Waals surface area (Å²) in [7, 11) is 0. The number of hydrogen-bond donors (Lipinski definition) is 0. The maximum absolute atomic E-state index is 5.52. The molecule has 2 fully saturated rings. The Labute approximate surface area is 147 Å². The molecule has 2 aromatic heterocycles. The van der Waals surface area contributed by atoms with Crippen LogP contribution in [0.2, 0.25) is 0 Å². The summed E-state index contributed by atoms with van der Waals surface area (Å²) < 4.78 is 5.52. The quantitative estimate of drug-likeness (QED) is 0.844. The van der Waals surface area contributed by atoms with Gasteiger partial charge in [0, 0.05) is 43.4 Å². The van der Waals surface area contributed by atoms with Crippen molar-refractivity contribution in [2.24, 2.45) is 0 Å². The SMILES string of the molecule is C[C@H](c1nc(C2CC2)no1)N1CCN(c2ncnc3c2CCC3)CC1. The van der Waals surface area contributed by atoms with Gasteiger partial charge in [0.05, 0.1) is 6.04 Å². The lowest BCUT2D eigenvalue weighted by Gasteiger charge is -2.37. The normalized spacial score (nSPS) is 22.2. The summed E-state index contributed by atoms with van der Waals surface area (Å²) >= 11 is 0. The fourth-order valence-corrected chi connectivity index (χ4v) is 4.02. The van der Waals surface area contributed by atoms with Gasteiger partial charge in [-0.25, -0.2) is 9.97 Å². The molecule has 2 aliphatic carbocycles. The van der Waals surface area contributed by atoms with Gasteiger partial charge in [0.2, 0.25) is 5.89 Å². The lowest BCUT2D eigenvalue weighted by molar-refractivity contribution is 0.164. The molecule has 0 radical (unpaired) electrons. The molecule has 1 saturated carbocycles. The molecule has 0 amide bonds. The van der Waals surface area contributed by atoms with Gasteiger partial charge in [-0.2, -0.15) is 4.98 Å². The Bertz CT molecular complexity index is 763. The Kier molecular flexibility index (Phi) is 3.69. The second-order valence-electron chi connectivity index (χ2n) is 7.44. The van der Waals surface area contributed by atoms with Gasteiger partial charge in [0.25, 0.3) is 0 Å². The van der Waals surface area contributed by atoms with Crippen molar-refractivity contribution in [1.82, 2.24) is 25.0 Å². The maximum Gasteiger partial charge on any atom is 0.243 e. The third-order valence-electron chi connectivity index (χ3n) is 5.77. The fraction of sp³-hybridized carbons (Fsp3) is 0.667. The predicted molar refractivity (Wildman–Crippen MR) is 92.5 cm³/mol. The zero-order valence-electron chi connectivity index (χ0n) is 14.7. The molecule has 0 aromatic carbocycles. The lowest BCUT2D eigenvalue weighted by Crippen LogP contribution is -2.47. The van der Waals surface area contributed by atoms with Crippen molar-refractivity contribution in [3.63, 3.8) is 0 Å². The van der Waals surface area contributed by atoms with Crippen LogP contribution in [0.1, 0.15) is 61.1 Å². The summed E-state index contributed by atoms with van der Waals surface area (Å²) in [6, 6.07) is 0.179. The largest absolute Gasteiger partial charge is 0.354 e. The summed E-state index contributed by atoms with van der Waals surface area (Å²) in [5.41, 5.74) is 2.62. The van der Waals surface area contributed by atoms with Crippen LogP contribution in [0.3, 0.4) is 0 Å². The first-order valence-corrected chi connectivity index (χ1v) is 9.45. The van der Waals surface area contributed by atoms with E-state index in [4.69, 9.17) is 4.52 Å². The van der Waals surface area contributed by atoms with Crippen LogP contribution in [-0.4, -0.2) is 51.2 Å². The number of anilines is 1. The molecular formula is C18H24N6O. The molecule has 0 unspecified atom stereocenters. The van der Waals surface area contributed by atoms with Crippen molar-refractivity contribution in [3.8, 4) is 0 Å². The van der Waals surface area contributed by atoms with Gasteiger partial charge in [0.1, 0.15) is 12.1 Å². The molecule has 1 atom stereocenters. The standard InChI is InChI=1S/C18H24N6O/c1-12(18-21-16(22-25-18)13-5-6-13)23-7-9-24(10-8-23)17-14-3-2-4-15(14)19-11-20-17/h11-13H,2-10H2,1H3/t12-/m1/s1. The van der Waals surface area contributed by atoms with E-state index in [0.29, 0.717) is 5.92 Å². The highest BCUT2D eigenvalue weighted by molar-refractivity contribution is 5.50. The first-order chi connectivity index (χ1) is 12.3. The zero-order chi connectivity index (χ0) is 16.8. The smallest absolute Gasteiger partial charge is 0.243 e. The Morgan fingerprint density at radius 3 is 2.76 bits per heavy atom. The van der Waals surface area contributed by atoms with Crippen LogP contribution in [-0.2, 0) is 12.8 Å². The molecule has 0 bridgehead atoms. The number of rotatable bonds is 4. The average molecular weight is 340 g/mol. The van der Waals surface area contributed by atoms with Crippen molar-refractivity contribution >= 4 is 5.82 Å². The first kappa shape index (κ1) is 15.3. The van der Waals surface area contributed by atoms with Gasteiger partial charge in [-0.3, -0.25) is 4.90 Å². The molecule has 1 aliphatic heterocycles. The lowest BCUT2D eigenvalue weighted by atomic mass is 10.2. The maximum atomic E-state index is 5.52. The molecule has 25 heavy (non-hydrogen) atoms. The van der Waals surface area contributed by atoms with E-state index in [9.17, 15) is 0 Å². The Balaban J connectivity index is 1.25. The number of aromatic nitrogens is 4. The van der Waals surface area contributed by atoms with E-state index in [2.05, 4.69) is 36.8 Å². The predicted octanol–water partition coefficient (Wildman–Crippen LogP) is 2.11. The van der Waals surface area contributed by atoms with Crippen LogP contribution in [0.4, 0.5) is 5.82 Å². The molecule has 7 nitrogen and oxygen atoms in total. The molecule has 3 heterocycles. The molecule has 132 valence electrons. The summed E-state index contributed by atoms with van der Waals surface area (Å²) in [6.07, 6.45) is 7.56. The van der Waals surface area contributed by atoms with E-state index in [1.807, 2.05) is 0 Å². The van der Waals surface area contributed by atoms with Crippen molar-refractivity contribution in [1.29, 1.82) is 0 Å². The van der Waals surface area contributed by atoms with E-state index in [1.165, 1.54) is 30.5 Å². The minimum Gasteiger partial charge on any atom is -0.354 e. The van der Waals surface area contributed by atoms with Crippen molar-refractivity contribution in [2.75, 3.05) is 31.1 Å². The van der Waals surface area contributed by atoms with Gasteiger partial charge in [-0.1, -0.05) is 5.16 Å². The van der Waals surface area contributed by atoms with Crippen LogP contribution in [0.5, 0.6) is 0 Å². The zero-order valence-corrected chi connectivity index (χ0v) is 14.7. The van der Waals surface area contributed by atoms with Crippen LogP contribution in [0.25, 0.3) is 0 Å². The molecule has 7 heteroatoms. The first-order valence-electron chi connectivity index (χ1n) is 9.45. The van der Waals surface area contributed by atoms with Crippen molar-refractivity contribution in [3.05, 3.63) is 29.3 Å². The number of nitrogens with zero attached hydrogens (tertiary/aromatic N) is 6. The monoisotopic (exact) mass is 340 g/mol. The van der Waals surface area contributed by atoms with E-state index in [1.54, 1.807) is 6.33 Å². The second kappa shape index (κ2) is 6.05. The van der Waals surface area contributed by atoms with E-state index >= 15 is 0 Å². The summed E-state index contributed by atoms with van der Waals surface area (Å²) in [4.78, 5) is 18.5. The van der Waals surface area contributed by atoms with Gasteiger partial charge in [-0.05, 0) is 39.0 Å². The van der Waals surface area contributed by atoms with Gasteiger partial charge in [-0.15, -0.1) is 0 Å². The van der Waals surface area contributed by atoms with E-state index in [-0.39, 0.29) is 6.04 Å². The molecule has 5 rings (SSSR count).